The fourth-order valence-electron chi connectivity index (χ4n) is 2.36. The summed E-state index contributed by atoms with van der Waals surface area (Å²) in [4.78, 5) is 24.6. The molecule has 0 atom stereocenters. The Kier molecular flexibility index (Phi) is 5.75. The van der Waals surface area contributed by atoms with Crippen LogP contribution in [0.1, 0.15) is 19.8 Å². The van der Waals surface area contributed by atoms with Gasteiger partial charge < -0.3 is 14.3 Å². The van der Waals surface area contributed by atoms with Crippen LogP contribution < -0.4 is 9.47 Å². The molecule has 1 saturated heterocycles. The lowest BCUT2D eigenvalue weighted by molar-refractivity contribution is -0.136. The van der Waals surface area contributed by atoms with Gasteiger partial charge >= 0.3 is 5.97 Å². The van der Waals surface area contributed by atoms with Crippen LogP contribution in [0.15, 0.2) is 24.3 Å². The van der Waals surface area contributed by atoms with Gasteiger partial charge in [-0.25, -0.2) is 0 Å². The van der Waals surface area contributed by atoms with E-state index in [1.54, 1.807) is 24.3 Å². The maximum absolute atomic E-state index is 11.9. The summed E-state index contributed by atoms with van der Waals surface area (Å²) >= 11 is 0. The fraction of sp³-hybridized carbons (Fsp3) is 0.500. The maximum atomic E-state index is 11.9. The summed E-state index contributed by atoms with van der Waals surface area (Å²) in [5.41, 5.74) is 0. The largest absolute Gasteiger partial charge is 0.494 e. The Hall–Kier alpha value is -1.88. The van der Waals surface area contributed by atoms with Crippen LogP contribution >= 0.6 is 0 Å². The summed E-state index contributed by atoms with van der Waals surface area (Å²) in [6.07, 6.45) is 2.65. The molecule has 0 radical (unpaired) electrons. The van der Waals surface area contributed by atoms with E-state index in [2.05, 4.69) is 0 Å². The molecule has 0 saturated carbocycles. The van der Waals surface area contributed by atoms with Gasteiger partial charge in [-0.1, -0.05) is 0 Å². The zero-order valence-electron chi connectivity index (χ0n) is 12.3. The summed E-state index contributed by atoms with van der Waals surface area (Å²) in [6, 6.07) is 7.01. The van der Waals surface area contributed by atoms with Gasteiger partial charge in [-0.15, -0.1) is 0 Å². The Morgan fingerprint density at radius 3 is 2.43 bits per heavy atom. The molecule has 0 amide bonds. The third kappa shape index (κ3) is 4.86. The minimum Gasteiger partial charge on any atom is -0.494 e. The second kappa shape index (κ2) is 7.78. The molecule has 21 heavy (non-hydrogen) atoms. The maximum Gasteiger partial charge on any atom is 0.325 e. The number of aldehydes is 1. The third-order valence-electron chi connectivity index (χ3n) is 3.54. The zero-order chi connectivity index (χ0) is 15.1. The van der Waals surface area contributed by atoms with E-state index in [4.69, 9.17) is 9.47 Å². The van der Waals surface area contributed by atoms with Crippen LogP contribution in [0.3, 0.4) is 0 Å². The van der Waals surface area contributed by atoms with Crippen molar-refractivity contribution in [2.75, 3.05) is 26.2 Å². The highest BCUT2D eigenvalue weighted by Crippen LogP contribution is 2.18. The number of nitrogens with zero attached hydrogens (tertiary/aromatic N) is 1. The molecule has 1 aliphatic heterocycles. The Labute approximate surface area is 124 Å². The highest BCUT2D eigenvalue weighted by molar-refractivity contribution is 5.74. The van der Waals surface area contributed by atoms with Crippen molar-refractivity contribution in [2.24, 2.45) is 5.92 Å². The van der Waals surface area contributed by atoms with Crippen LogP contribution in [-0.2, 0) is 9.59 Å². The van der Waals surface area contributed by atoms with Crippen LogP contribution in [0, 0.1) is 5.92 Å². The summed E-state index contributed by atoms with van der Waals surface area (Å²) in [5.74, 6) is 1.14. The normalized spacial score (nSPS) is 16.4. The number of likely N-dealkylation sites (tertiary alicyclic amines) is 1. The van der Waals surface area contributed by atoms with Crippen LogP contribution in [0.5, 0.6) is 11.5 Å². The number of benzene rings is 1. The molecule has 5 nitrogen and oxygen atoms in total. The summed E-state index contributed by atoms with van der Waals surface area (Å²) < 4.78 is 10.6. The number of rotatable bonds is 6. The van der Waals surface area contributed by atoms with E-state index in [1.165, 1.54) is 0 Å². The number of hydrogen-bond acceptors (Lipinski definition) is 5. The SMILES string of the molecule is CCOc1ccc(OC(=O)CN2CCC(C=O)CC2)cc1. The molecule has 5 heteroatoms. The summed E-state index contributed by atoms with van der Waals surface area (Å²) in [6.45, 7) is 4.32. The lowest BCUT2D eigenvalue weighted by Crippen LogP contribution is -2.38. The molecular weight excluding hydrogens is 270 g/mol. The van der Waals surface area contributed by atoms with Gasteiger partial charge in [-0.05, 0) is 57.1 Å². The molecule has 1 heterocycles. The number of hydrogen-bond donors (Lipinski definition) is 0. The summed E-state index contributed by atoms with van der Waals surface area (Å²) in [7, 11) is 0. The van der Waals surface area contributed by atoms with Crippen molar-refractivity contribution >= 4 is 12.3 Å². The molecule has 0 unspecified atom stereocenters. The highest BCUT2D eigenvalue weighted by atomic mass is 16.5. The van der Waals surface area contributed by atoms with E-state index in [-0.39, 0.29) is 18.4 Å². The monoisotopic (exact) mass is 291 g/mol. The number of piperidine rings is 1. The standard InChI is InChI=1S/C16H21NO4/c1-2-20-14-3-5-15(6-4-14)21-16(19)11-17-9-7-13(12-18)8-10-17/h3-6,12-13H,2,7-11H2,1H3. The molecule has 0 N–H and O–H groups in total. The van der Waals surface area contributed by atoms with Crippen LogP contribution in [-0.4, -0.2) is 43.4 Å². The Morgan fingerprint density at radius 2 is 1.86 bits per heavy atom. The smallest absolute Gasteiger partial charge is 0.325 e. The van der Waals surface area contributed by atoms with Gasteiger partial charge in [0.1, 0.15) is 17.8 Å². The predicted octanol–water partition coefficient (Wildman–Crippen LogP) is 1.90. The molecule has 1 fully saturated rings. The molecule has 1 aromatic rings. The first-order valence-electron chi connectivity index (χ1n) is 7.32. The molecular formula is C16H21NO4. The van der Waals surface area contributed by atoms with Crippen LogP contribution in [0.2, 0.25) is 0 Å². The quantitative estimate of drug-likeness (QED) is 0.455. The average Bonchev–Trinajstić information content (AvgIpc) is 2.50. The van der Waals surface area contributed by atoms with Crippen molar-refractivity contribution in [1.82, 2.24) is 4.90 Å². The first-order valence-corrected chi connectivity index (χ1v) is 7.32. The van der Waals surface area contributed by atoms with Gasteiger partial charge in [0.2, 0.25) is 0 Å². The Bertz CT molecular complexity index is 464. The van der Waals surface area contributed by atoms with E-state index in [0.29, 0.717) is 12.4 Å². The van der Waals surface area contributed by atoms with Gasteiger partial charge in [0, 0.05) is 5.92 Å². The fourth-order valence-corrected chi connectivity index (χ4v) is 2.36. The second-order valence-corrected chi connectivity index (χ2v) is 5.13. The molecule has 1 aliphatic rings. The van der Waals surface area contributed by atoms with E-state index in [1.807, 2.05) is 11.8 Å². The lowest BCUT2D eigenvalue weighted by atomic mass is 9.99. The van der Waals surface area contributed by atoms with Crippen molar-refractivity contribution in [3.8, 4) is 11.5 Å². The number of ether oxygens (including phenoxy) is 2. The summed E-state index contributed by atoms with van der Waals surface area (Å²) in [5, 5.41) is 0. The number of carbonyl (C=O) groups is 2. The topological polar surface area (TPSA) is 55.8 Å². The van der Waals surface area contributed by atoms with Crippen molar-refractivity contribution in [1.29, 1.82) is 0 Å². The van der Waals surface area contributed by atoms with Crippen molar-refractivity contribution < 1.29 is 19.1 Å². The molecule has 0 aliphatic carbocycles. The van der Waals surface area contributed by atoms with Gasteiger partial charge in [0.25, 0.3) is 0 Å². The van der Waals surface area contributed by atoms with Crippen molar-refractivity contribution in [3.05, 3.63) is 24.3 Å². The molecule has 0 bridgehead atoms. The molecule has 0 aromatic heterocycles. The minimum atomic E-state index is -0.274. The molecule has 1 aromatic carbocycles. The van der Waals surface area contributed by atoms with E-state index in [0.717, 1.165) is 38.0 Å². The minimum absolute atomic E-state index is 0.142. The Morgan fingerprint density at radius 1 is 1.24 bits per heavy atom. The van der Waals surface area contributed by atoms with Gasteiger partial charge in [-0.3, -0.25) is 9.69 Å². The molecule has 114 valence electrons. The third-order valence-corrected chi connectivity index (χ3v) is 3.54. The van der Waals surface area contributed by atoms with Gasteiger partial charge in [0.05, 0.1) is 13.2 Å². The highest BCUT2D eigenvalue weighted by Gasteiger charge is 2.20. The van der Waals surface area contributed by atoms with E-state index in [9.17, 15) is 9.59 Å². The van der Waals surface area contributed by atoms with Crippen LogP contribution in [0.25, 0.3) is 0 Å². The lowest BCUT2D eigenvalue weighted by Gasteiger charge is -2.28. The average molecular weight is 291 g/mol. The Balaban J connectivity index is 1.77. The van der Waals surface area contributed by atoms with Crippen LogP contribution in [0.4, 0.5) is 0 Å². The first-order chi connectivity index (χ1) is 10.2. The molecule has 0 spiro atoms. The van der Waals surface area contributed by atoms with E-state index < -0.39 is 0 Å². The zero-order valence-corrected chi connectivity index (χ0v) is 12.3. The van der Waals surface area contributed by atoms with Crippen molar-refractivity contribution in [2.45, 2.75) is 19.8 Å². The van der Waals surface area contributed by atoms with E-state index >= 15 is 0 Å². The number of carbonyl (C=O) groups excluding carboxylic acids is 2. The van der Waals surface area contributed by atoms with Gasteiger partial charge in [0.15, 0.2) is 0 Å². The van der Waals surface area contributed by atoms with Gasteiger partial charge in [-0.2, -0.15) is 0 Å². The predicted molar refractivity (Wildman–Crippen MR) is 78.5 cm³/mol. The van der Waals surface area contributed by atoms with Crippen molar-refractivity contribution in [3.63, 3.8) is 0 Å². The number of esters is 1. The first kappa shape index (κ1) is 15.5. The molecule has 2 rings (SSSR count). The second-order valence-electron chi connectivity index (χ2n) is 5.13.